The van der Waals surface area contributed by atoms with Crippen LogP contribution < -0.4 is 0 Å². The third-order valence-electron chi connectivity index (χ3n) is 5.71. The van der Waals surface area contributed by atoms with Crippen molar-refractivity contribution in [3.8, 4) is 0 Å². The van der Waals surface area contributed by atoms with Gasteiger partial charge >= 0.3 is 30.3 Å². The number of aromatic nitrogens is 2. The Morgan fingerprint density at radius 3 is 1.89 bits per heavy atom. The Balaban J connectivity index is 0.00000149. The van der Waals surface area contributed by atoms with E-state index in [9.17, 15) is 0 Å². The van der Waals surface area contributed by atoms with Crippen LogP contribution in [0.15, 0.2) is 79.0 Å². The number of para-hydroxylation sites is 3. The smallest absolute Gasteiger partial charge is 0 e. The van der Waals surface area contributed by atoms with Crippen molar-refractivity contribution < 1.29 is 25.8 Å². The van der Waals surface area contributed by atoms with Crippen molar-refractivity contribution in [2.75, 3.05) is 0 Å². The van der Waals surface area contributed by atoms with E-state index in [0.717, 1.165) is 54.6 Å². The second-order valence-corrected chi connectivity index (χ2v) is 8.71. The van der Waals surface area contributed by atoms with Gasteiger partial charge in [0.15, 0.2) is 0 Å². The summed E-state index contributed by atoms with van der Waals surface area (Å²) in [7, 11) is 0. The molecule has 0 N–H and O–H groups in total. The number of benzene rings is 3. The standard InChI is InChI=1S/C28H30N3.CH3.CH2.Hf.Pb/c1-19(2)22-13-10-14-23(20(3)4)28(22)31-26(17-21-11-6-5-7-12-21)27-18-29-24-15-8-9-16-25(24)30-27;;;;/h5-16,18-20,26H,17H2,1-4H3;1H3;1H2;;/q3*-1;;. The van der Waals surface area contributed by atoms with Crippen molar-refractivity contribution >= 4 is 42.5 Å². The van der Waals surface area contributed by atoms with Crippen molar-refractivity contribution in [3.05, 3.63) is 119 Å². The summed E-state index contributed by atoms with van der Waals surface area (Å²) in [5, 5.41) is 5.37. The predicted octanol–water partition coefficient (Wildman–Crippen LogP) is 8.26. The summed E-state index contributed by atoms with van der Waals surface area (Å²) in [6, 6.07) is 25.0. The molecule has 1 aromatic heterocycles. The minimum atomic E-state index is -0.100. The van der Waals surface area contributed by atoms with E-state index in [4.69, 9.17) is 10.3 Å². The fourth-order valence-corrected chi connectivity index (χ4v) is 4.00. The van der Waals surface area contributed by atoms with Gasteiger partial charge in [0.2, 0.25) is 0 Å². The molecule has 0 aliphatic carbocycles. The fourth-order valence-electron chi connectivity index (χ4n) is 4.00. The Bertz CT molecular complexity index is 1140. The molecule has 0 saturated carbocycles. The quantitative estimate of drug-likeness (QED) is 0.139. The summed E-state index contributed by atoms with van der Waals surface area (Å²) in [6.07, 6.45) is 2.68. The first kappa shape index (κ1) is 31.6. The summed E-state index contributed by atoms with van der Waals surface area (Å²) in [4.78, 5) is 9.64. The van der Waals surface area contributed by atoms with Crippen LogP contribution in [0.25, 0.3) is 16.4 Å². The molecule has 0 amide bonds. The maximum absolute atomic E-state index is 5.37. The maximum Gasteiger partial charge on any atom is 0 e. The molecule has 1 heterocycles. The summed E-state index contributed by atoms with van der Waals surface area (Å²) in [6.45, 7) is 8.95. The molecule has 35 heavy (non-hydrogen) atoms. The van der Waals surface area contributed by atoms with Gasteiger partial charge in [0.1, 0.15) is 0 Å². The topological polar surface area (TPSA) is 39.9 Å². The molecule has 4 aromatic rings. The fraction of sp³-hybridized carbons (Fsp3) is 0.267. The molecule has 3 radical (unpaired) electrons. The molecule has 0 saturated heterocycles. The molecule has 1 atom stereocenters. The van der Waals surface area contributed by atoms with E-state index >= 15 is 0 Å². The normalized spacial score (nSPS) is 11.2. The third-order valence-corrected chi connectivity index (χ3v) is 5.71. The van der Waals surface area contributed by atoms with E-state index in [1.54, 1.807) is 0 Å². The van der Waals surface area contributed by atoms with Gasteiger partial charge in [-0.3, -0.25) is 9.97 Å². The van der Waals surface area contributed by atoms with Crippen LogP contribution in [-0.4, -0.2) is 35.7 Å². The molecule has 5 heteroatoms. The Labute approximate surface area is 247 Å². The Morgan fingerprint density at radius 1 is 0.771 bits per heavy atom. The van der Waals surface area contributed by atoms with Gasteiger partial charge in [0, 0.05) is 37.7 Å². The van der Waals surface area contributed by atoms with Gasteiger partial charge in [-0.25, -0.2) is 0 Å². The number of rotatable bonds is 7. The molecule has 0 spiro atoms. The van der Waals surface area contributed by atoms with Gasteiger partial charge in [-0.2, -0.15) is 0 Å². The van der Waals surface area contributed by atoms with Gasteiger partial charge < -0.3 is 12.7 Å². The van der Waals surface area contributed by atoms with Crippen LogP contribution in [0.4, 0.5) is 5.69 Å². The molecule has 4 rings (SSSR count). The minimum absolute atomic E-state index is 0. The van der Waals surface area contributed by atoms with Crippen LogP contribution in [0.3, 0.4) is 0 Å². The van der Waals surface area contributed by atoms with Crippen molar-refractivity contribution in [2.24, 2.45) is 0 Å². The number of hydrogen-bond acceptors (Lipinski definition) is 2. The molecule has 181 valence electrons. The summed E-state index contributed by atoms with van der Waals surface area (Å²) < 4.78 is 3.39. The van der Waals surface area contributed by atoms with Crippen molar-refractivity contribution in [3.63, 3.8) is 0 Å². The Kier molecular flexibility index (Phi) is 14.1. The van der Waals surface area contributed by atoms with Gasteiger partial charge in [-0.15, -0.1) is 5.69 Å². The van der Waals surface area contributed by atoms with Gasteiger partial charge in [-0.05, 0) is 36.0 Å². The first-order valence-electron chi connectivity index (χ1n) is 11.5. The second kappa shape index (κ2) is 15.6. The first-order chi connectivity index (χ1) is 16.0. The van der Waals surface area contributed by atoms with E-state index < -0.39 is 0 Å². The zero-order valence-electron chi connectivity index (χ0n) is 21.5. The predicted molar refractivity (Wildman–Crippen MR) is 148 cm³/mol. The Morgan fingerprint density at radius 2 is 1.31 bits per heavy atom. The van der Waals surface area contributed by atoms with Crippen molar-refractivity contribution in [1.82, 2.24) is 9.97 Å². The molecular formula is C30H35HfN3Pb-3. The zero-order chi connectivity index (χ0) is 23.8. The van der Waals surface area contributed by atoms with E-state index in [1.165, 1.54) is 16.7 Å². The third kappa shape index (κ3) is 8.31. The average molecular weight is 823 g/mol. The first-order valence-corrected chi connectivity index (χ1v) is 14.2. The maximum atomic E-state index is 5.37. The molecule has 0 bridgehead atoms. The van der Waals surface area contributed by atoms with E-state index in [2.05, 4.69) is 85.7 Å². The summed E-state index contributed by atoms with van der Waals surface area (Å²) in [5.74, 6) is 0.801. The van der Waals surface area contributed by atoms with Crippen LogP contribution in [0.2, 0.25) is 0 Å². The minimum Gasteiger partial charge on any atom is -0.358 e. The van der Waals surface area contributed by atoms with Gasteiger partial charge in [0.05, 0.1) is 11.0 Å². The monoisotopic (exact) mass is 825 g/mol. The average Bonchev–Trinajstić information content (AvgIpc) is 2.85. The van der Waals surface area contributed by atoms with Crippen molar-refractivity contribution in [2.45, 2.75) is 52.0 Å². The summed E-state index contributed by atoms with van der Waals surface area (Å²) in [5.41, 5.74) is 7.68. The molecule has 3 aromatic carbocycles. The summed E-state index contributed by atoms with van der Waals surface area (Å²) >= 11 is 1.06. The molecule has 1 unspecified atom stereocenters. The number of nitrogens with zero attached hydrogens (tertiary/aromatic N) is 3. The van der Waals surface area contributed by atoms with E-state index in [0.29, 0.717) is 11.8 Å². The van der Waals surface area contributed by atoms with Crippen LogP contribution >= 0.6 is 0 Å². The molecular weight excluding hydrogens is 788 g/mol. The number of hydrogen-bond donors (Lipinski definition) is 0. The van der Waals surface area contributed by atoms with Crippen LogP contribution in [0.5, 0.6) is 0 Å². The zero-order valence-corrected chi connectivity index (χ0v) is 29.0. The molecule has 0 fully saturated rings. The molecule has 3 nitrogen and oxygen atoms in total. The molecule has 0 aliphatic heterocycles. The van der Waals surface area contributed by atoms with Gasteiger partial charge in [0.25, 0.3) is 0 Å². The van der Waals surface area contributed by atoms with Crippen LogP contribution in [-0.2, 0) is 32.3 Å². The van der Waals surface area contributed by atoms with Crippen LogP contribution in [0.1, 0.15) is 68.0 Å². The largest absolute Gasteiger partial charge is 0.358 e. The molecule has 0 aliphatic rings. The SMILES string of the molecule is CC(C)c1cccc(C(C)C)c1[N-]C(Cc1ccccc1)c1cnc2ccccc2n1.[CH2-][Pb].[CH3-].[Hf]. The van der Waals surface area contributed by atoms with Crippen molar-refractivity contribution in [1.29, 1.82) is 0 Å². The van der Waals surface area contributed by atoms with Gasteiger partial charge in [-0.1, -0.05) is 106 Å². The number of fused-ring (bicyclic) bond motifs is 1. The Hall–Kier alpha value is -1.41. The second-order valence-electron chi connectivity index (χ2n) is 8.71. The van der Waals surface area contributed by atoms with E-state index in [-0.39, 0.29) is 39.3 Å². The van der Waals surface area contributed by atoms with E-state index in [1.807, 2.05) is 30.5 Å². The van der Waals surface area contributed by atoms with Crippen LogP contribution in [0, 0.1) is 11.9 Å².